The molecular weight excluding hydrogens is 192 g/mol. The van der Waals surface area contributed by atoms with Crippen LogP contribution in [-0.4, -0.2) is 50.7 Å². The molecule has 4 nitrogen and oxygen atoms in total. The fourth-order valence-corrected chi connectivity index (χ4v) is 1.68. The number of nitrogens with zero attached hydrogens (tertiary/aromatic N) is 1. The Balaban J connectivity index is 2.35. The summed E-state index contributed by atoms with van der Waals surface area (Å²) in [6.07, 6.45) is 2.69. The standard InChI is InChI=1S/C11H22N2O2/c1-4-13(7-9-5-6-9)8-10(12-2)11(14)15-3/h9-10,12H,4-8H2,1-3H3. The number of hydrogen-bond donors (Lipinski definition) is 1. The van der Waals surface area contributed by atoms with E-state index < -0.39 is 0 Å². The molecule has 1 atom stereocenters. The predicted molar refractivity (Wildman–Crippen MR) is 59.7 cm³/mol. The van der Waals surface area contributed by atoms with Crippen molar-refractivity contribution in [3.63, 3.8) is 0 Å². The number of carbonyl (C=O) groups excluding carboxylic acids is 1. The van der Waals surface area contributed by atoms with Gasteiger partial charge in [-0.05, 0) is 32.4 Å². The minimum Gasteiger partial charge on any atom is -0.468 e. The van der Waals surface area contributed by atoms with Crippen molar-refractivity contribution in [3.8, 4) is 0 Å². The van der Waals surface area contributed by atoms with Gasteiger partial charge in [0.2, 0.25) is 0 Å². The topological polar surface area (TPSA) is 41.6 Å². The summed E-state index contributed by atoms with van der Waals surface area (Å²) >= 11 is 0. The van der Waals surface area contributed by atoms with Crippen LogP contribution < -0.4 is 5.32 Å². The summed E-state index contributed by atoms with van der Waals surface area (Å²) in [7, 11) is 3.23. The molecular formula is C11H22N2O2. The second kappa shape index (κ2) is 6.08. The van der Waals surface area contributed by atoms with Gasteiger partial charge in [0.05, 0.1) is 7.11 Å². The Morgan fingerprint density at radius 1 is 1.60 bits per heavy atom. The molecule has 1 unspecified atom stereocenters. The molecule has 1 aliphatic rings. The molecule has 1 N–H and O–H groups in total. The number of nitrogens with one attached hydrogen (secondary N) is 1. The van der Waals surface area contributed by atoms with Crippen molar-refractivity contribution in [2.24, 2.45) is 5.92 Å². The highest BCUT2D eigenvalue weighted by Gasteiger charge is 2.26. The lowest BCUT2D eigenvalue weighted by Crippen LogP contribution is -2.45. The third kappa shape index (κ3) is 4.18. The Morgan fingerprint density at radius 2 is 2.27 bits per heavy atom. The number of ether oxygens (including phenoxy) is 1. The fraction of sp³-hybridized carbons (Fsp3) is 0.909. The number of carbonyl (C=O) groups is 1. The summed E-state index contributed by atoms with van der Waals surface area (Å²) in [5.74, 6) is 0.687. The second-order valence-electron chi connectivity index (χ2n) is 4.16. The summed E-state index contributed by atoms with van der Waals surface area (Å²) in [5.41, 5.74) is 0. The van der Waals surface area contributed by atoms with Crippen molar-refractivity contribution in [1.82, 2.24) is 10.2 Å². The summed E-state index contributed by atoms with van der Waals surface area (Å²) in [6, 6.07) is -0.200. The summed E-state index contributed by atoms with van der Waals surface area (Å²) in [4.78, 5) is 13.7. The van der Waals surface area contributed by atoms with Crippen LogP contribution >= 0.6 is 0 Å². The lowest BCUT2D eigenvalue weighted by atomic mass is 10.2. The maximum Gasteiger partial charge on any atom is 0.324 e. The lowest BCUT2D eigenvalue weighted by molar-refractivity contribution is -0.143. The van der Waals surface area contributed by atoms with Crippen LogP contribution in [0.1, 0.15) is 19.8 Å². The molecule has 0 heterocycles. The second-order valence-corrected chi connectivity index (χ2v) is 4.16. The maximum atomic E-state index is 11.4. The zero-order valence-electron chi connectivity index (χ0n) is 9.95. The number of rotatable bonds is 7. The molecule has 1 rings (SSSR count). The van der Waals surface area contributed by atoms with Crippen LogP contribution in [0.2, 0.25) is 0 Å². The van der Waals surface area contributed by atoms with Crippen LogP contribution in [0.4, 0.5) is 0 Å². The van der Waals surface area contributed by atoms with Crippen LogP contribution in [-0.2, 0) is 9.53 Å². The van der Waals surface area contributed by atoms with Crippen molar-refractivity contribution in [3.05, 3.63) is 0 Å². The molecule has 0 radical (unpaired) electrons. The van der Waals surface area contributed by atoms with Crippen molar-refractivity contribution in [1.29, 1.82) is 0 Å². The molecule has 4 heteroatoms. The van der Waals surface area contributed by atoms with E-state index in [0.717, 1.165) is 25.6 Å². The van der Waals surface area contributed by atoms with Crippen LogP contribution in [0.25, 0.3) is 0 Å². The van der Waals surface area contributed by atoms with E-state index in [9.17, 15) is 4.79 Å². The Hall–Kier alpha value is -0.610. The summed E-state index contributed by atoms with van der Waals surface area (Å²) < 4.78 is 4.74. The van der Waals surface area contributed by atoms with E-state index in [1.807, 2.05) is 0 Å². The van der Waals surface area contributed by atoms with Gasteiger partial charge in [-0.15, -0.1) is 0 Å². The third-order valence-corrected chi connectivity index (χ3v) is 2.94. The first kappa shape index (κ1) is 12.5. The molecule has 0 aromatic rings. The Bertz CT molecular complexity index is 205. The highest BCUT2D eigenvalue weighted by molar-refractivity contribution is 5.75. The van der Waals surface area contributed by atoms with Crippen molar-refractivity contribution >= 4 is 5.97 Å². The fourth-order valence-electron chi connectivity index (χ4n) is 1.68. The average molecular weight is 214 g/mol. The van der Waals surface area contributed by atoms with Gasteiger partial charge in [0, 0.05) is 13.1 Å². The van der Waals surface area contributed by atoms with Crippen LogP contribution in [0.5, 0.6) is 0 Å². The van der Waals surface area contributed by atoms with Gasteiger partial charge in [0.1, 0.15) is 6.04 Å². The Morgan fingerprint density at radius 3 is 2.67 bits per heavy atom. The number of hydrogen-bond acceptors (Lipinski definition) is 4. The van der Waals surface area contributed by atoms with Gasteiger partial charge in [-0.1, -0.05) is 6.92 Å². The highest BCUT2D eigenvalue weighted by atomic mass is 16.5. The van der Waals surface area contributed by atoms with E-state index in [1.165, 1.54) is 20.0 Å². The molecule has 0 amide bonds. The highest BCUT2D eigenvalue weighted by Crippen LogP contribution is 2.29. The van der Waals surface area contributed by atoms with E-state index >= 15 is 0 Å². The third-order valence-electron chi connectivity index (χ3n) is 2.94. The van der Waals surface area contributed by atoms with Crippen LogP contribution in [0, 0.1) is 5.92 Å². The molecule has 0 bridgehead atoms. The normalized spacial score (nSPS) is 17.9. The largest absolute Gasteiger partial charge is 0.468 e. The zero-order valence-corrected chi connectivity index (χ0v) is 9.95. The molecule has 0 spiro atoms. The lowest BCUT2D eigenvalue weighted by Gasteiger charge is -2.24. The van der Waals surface area contributed by atoms with E-state index in [1.54, 1.807) is 7.05 Å². The molecule has 15 heavy (non-hydrogen) atoms. The molecule has 0 aromatic carbocycles. The first-order valence-corrected chi connectivity index (χ1v) is 5.68. The SMILES string of the molecule is CCN(CC1CC1)CC(NC)C(=O)OC. The monoisotopic (exact) mass is 214 g/mol. The van der Waals surface area contributed by atoms with Gasteiger partial charge in [0.15, 0.2) is 0 Å². The Kier molecular flexibility index (Phi) is 5.05. The Labute approximate surface area is 92.0 Å². The number of likely N-dealkylation sites (N-methyl/N-ethyl adjacent to an activating group) is 2. The molecule has 0 aromatic heterocycles. The van der Waals surface area contributed by atoms with E-state index in [0.29, 0.717) is 0 Å². The summed E-state index contributed by atoms with van der Waals surface area (Å²) in [6.45, 7) is 4.99. The van der Waals surface area contributed by atoms with Gasteiger partial charge in [-0.2, -0.15) is 0 Å². The van der Waals surface area contributed by atoms with E-state index in [4.69, 9.17) is 4.74 Å². The number of esters is 1. The van der Waals surface area contributed by atoms with Gasteiger partial charge < -0.3 is 15.0 Å². The minimum atomic E-state index is -0.200. The van der Waals surface area contributed by atoms with Crippen LogP contribution in [0.15, 0.2) is 0 Å². The molecule has 0 aliphatic heterocycles. The van der Waals surface area contributed by atoms with Crippen molar-refractivity contribution < 1.29 is 9.53 Å². The average Bonchev–Trinajstić information content (AvgIpc) is 3.06. The van der Waals surface area contributed by atoms with Gasteiger partial charge in [-0.3, -0.25) is 4.79 Å². The summed E-state index contributed by atoms with van der Waals surface area (Å²) in [5, 5.41) is 2.99. The van der Waals surface area contributed by atoms with Gasteiger partial charge >= 0.3 is 5.97 Å². The first-order chi connectivity index (χ1) is 7.21. The molecule has 1 saturated carbocycles. The smallest absolute Gasteiger partial charge is 0.324 e. The van der Waals surface area contributed by atoms with Gasteiger partial charge in [-0.25, -0.2) is 0 Å². The maximum absolute atomic E-state index is 11.4. The predicted octanol–water partition coefficient (Wildman–Crippen LogP) is 0.479. The number of methoxy groups -OCH3 is 1. The van der Waals surface area contributed by atoms with Crippen LogP contribution in [0.3, 0.4) is 0 Å². The first-order valence-electron chi connectivity index (χ1n) is 5.68. The molecule has 1 fully saturated rings. The van der Waals surface area contributed by atoms with Crippen molar-refractivity contribution in [2.45, 2.75) is 25.8 Å². The molecule has 0 saturated heterocycles. The van der Waals surface area contributed by atoms with Crippen molar-refractivity contribution in [2.75, 3.05) is 33.8 Å². The minimum absolute atomic E-state index is 0.174. The molecule has 1 aliphatic carbocycles. The van der Waals surface area contributed by atoms with Gasteiger partial charge in [0.25, 0.3) is 0 Å². The van der Waals surface area contributed by atoms with E-state index in [-0.39, 0.29) is 12.0 Å². The zero-order chi connectivity index (χ0) is 11.3. The quantitative estimate of drug-likeness (QED) is 0.626. The van der Waals surface area contributed by atoms with E-state index in [2.05, 4.69) is 17.1 Å². The molecule has 88 valence electrons.